The van der Waals surface area contributed by atoms with Gasteiger partial charge in [-0.1, -0.05) is 18.2 Å². The van der Waals surface area contributed by atoms with Crippen molar-refractivity contribution in [1.29, 1.82) is 0 Å². The second-order valence-electron chi connectivity index (χ2n) is 9.07. The van der Waals surface area contributed by atoms with E-state index in [9.17, 15) is 19.2 Å². The Kier molecular flexibility index (Phi) is 8.40. The van der Waals surface area contributed by atoms with E-state index in [1.54, 1.807) is 61.0 Å². The van der Waals surface area contributed by atoms with Crippen LogP contribution in [-0.4, -0.2) is 43.9 Å². The van der Waals surface area contributed by atoms with Gasteiger partial charge in [-0.3, -0.25) is 14.4 Å². The predicted octanol–water partition coefficient (Wildman–Crippen LogP) is 5.55. The number of carbonyl (C=O) groups is 4. The maximum atomic E-state index is 12.7. The van der Waals surface area contributed by atoms with Crippen molar-refractivity contribution in [2.24, 2.45) is 5.92 Å². The molecule has 41 heavy (non-hydrogen) atoms. The van der Waals surface area contributed by atoms with Crippen molar-refractivity contribution in [3.63, 3.8) is 0 Å². The van der Waals surface area contributed by atoms with Crippen LogP contribution in [0.1, 0.15) is 26.5 Å². The number of ketones is 1. The summed E-state index contributed by atoms with van der Waals surface area (Å²) in [5.74, 6) is -0.417. The number of methoxy groups -OCH3 is 1. The summed E-state index contributed by atoms with van der Waals surface area (Å²) in [6.45, 7) is -0.324. The summed E-state index contributed by atoms with van der Waals surface area (Å²) < 4.78 is 21.7. The average molecular weight is 572 g/mol. The Morgan fingerprint density at radius 1 is 0.878 bits per heavy atom. The number of ether oxygens (including phenoxy) is 4. The molecule has 4 aromatic rings. The molecule has 0 N–H and O–H groups in total. The maximum Gasteiger partial charge on any atom is 0.353 e. The standard InChI is InChI=1S/C31H25NO8S/c1-37-26-5-2-3-6-27(26)39-23-14-10-22(11-15-23)32-18-21(17-29(32)34)30(35)38-19-25(33)20-8-12-24(13-9-20)40-31(36)28-7-4-16-41-28/h2-16,21H,17-19H2,1H3. The van der Waals surface area contributed by atoms with Gasteiger partial charge in [0.25, 0.3) is 0 Å². The third kappa shape index (κ3) is 6.62. The lowest BCUT2D eigenvalue weighted by Gasteiger charge is -2.17. The fourth-order valence-corrected chi connectivity index (χ4v) is 4.84. The molecule has 1 aliphatic heterocycles. The minimum Gasteiger partial charge on any atom is -0.493 e. The van der Waals surface area contributed by atoms with Crippen LogP contribution in [0.15, 0.2) is 90.3 Å². The summed E-state index contributed by atoms with van der Waals surface area (Å²) in [6, 6.07) is 23.6. The molecule has 2 heterocycles. The number of thiophene rings is 1. The lowest BCUT2D eigenvalue weighted by molar-refractivity contribution is -0.147. The Balaban J connectivity index is 1.12. The van der Waals surface area contributed by atoms with E-state index in [1.165, 1.54) is 40.5 Å². The number of benzene rings is 3. The molecule has 0 bridgehead atoms. The maximum absolute atomic E-state index is 12.7. The fourth-order valence-electron chi connectivity index (χ4n) is 4.24. The molecular formula is C31H25NO8S. The number of amides is 1. The number of carbonyl (C=O) groups excluding carboxylic acids is 4. The smallest absolute Gasteiger partial charge is 0.353 e. The Bertz CT molecular complexity index is 1550. The molecule has 0 radical (unpaired) electrons. The largest absolute Gasteiger partial charge is 0.493 e. The van der Waals surface area contributed by atoms with Gasteiger partial charge in [0.05, 0.1) is 13.0 Å². The van der Waals surface area contributed by atoms with Gasteiger partial charge in [-0.05, 0) is 72.1 Å². The van der Waals surface area contributed by atoms with E-state index < -0.39 is 30.2 Å². The molecule has 9 nitrogen and oxygen atoms in total. The van der Waals surface area contributed by atoms with Gasteiger partial charge in [0.15, 0.2) is 23.9 Å². The highest BCUT2D eigenvalue weighted by molar-refractivity contribution is 7.12. The van der Waals surface area contributed by atoms with Crippen molar-refractivity contribution < 1.29 is 38.1 Å². The van der Waals surface area contributed by atoms with E-state index in [-0.39, 0.29) is 18.9 Å². The molecule has 3 aromatic carbocycles. The van der Waals surface area contributed by atoms with Gasteiger partial charge in [-0.25, -0.2) is 4.79 Å². The van der Waals surface area contributed by atoms with Gasteiger partial charge >= 0.3 is 11.9 Å². The van der Waals surface area contributed by atoms with Crippen LogP contribution in [0.2, 0.25) is 0 Å². The van der Waals surface area contributed by atoms with Gasteiger partial charge in [0.1, 0.15) is 16.4 Å². The van der Waals surface area contributed by atoms with E-state index in [0.717, 1.165) is 0 Å². The van der Waals surface area contributed by atoms with Crippen LogP contribution >= 0.6 is 11.3 Å². The number of Topliss-reactive ketones (excluding diaryl/α,β-unsaturated/α-hetero) is 1. The Hall–Kier alpha value is -4.96. The first-order chi connectivity index (χ1) is 19.9. The Morgan fingerprint density at radius 2 is 1.59 bits per heavy atom. The minimum atomic E-state index is -0.696. The quantitative estimate of drug-likeness (QED) is 0.139. The lowest BCUT2D eigenvalue weighted by atomic mass is 10.1. The lowest BCUT2D eigenvalue weighted by Crippen LogP contribution is -2.27. The molecule has 208 valence electrons. The van der Waals surface area contributed by atoms with E-state index in [1.807, 2.05) is 12.1 Å². The third-order valence-corrected chi connectivity index (χ3v) is 7.21. The number of para-hydroxylation sites is 2. The number of nitrogens with zero attached hydrogens (tertiary/aromatic N) is 1. The second-order valence-corrected chi connectivity index (χ2v) is 10.0. The monoisotopic (exact) mass is 571 g/mol. The van der Waals surface area contributed by atoms with Gasteiger partial charge < -0.3 is 23.8 Å². The molecule has 0 spiro atoms. The molecule has 1 atom stereocenters. The van der Waals surface area contributed by atoms with Crippen LogP contribution in [0.3, 0.4) is 0 Å². The molecule has 1 saturated heterocycles. The van der Waals surface area contributed by atoms with Crippen molar-refractivity contribution in [2.75, 3.05) is 25.2 Å². The second kappa shape index (κ2) is 12.5. The van der Waals surface area contributed by atoms with Crippen LogP contribution in [0.4, 0.5) is 5.69 Å². The van der Waals surface area contributed by atoms with E-state index in [2.05, 4.69) is 0 Å². The van der Waals surface area contributed by atoms with Gasteiger partial charge in [-0.2, -0.15) is 0 Å². The summed E-state index contributed by atoms with van der Waals surface area (Å²) in [4.78, 5) is 51.9. The summed E-state index contributed by atoms with van der Waals surface area (Å²) in [5.41, 5.74) is 0.918. The zero-order valence-corrected chi connectivity index (χ0v) is 22.8. The van der Waals surface area contributed by atoms with Crippen molar-refractivity contribution in [1.82, 2.24) is 0 Å². The molecule has 0 aliphatic carbocycles. The van der Waals surface area contributed by atoms with Crippen molar-refractivity contribution in [2.45, 2.75) is 6.42 Å². The molecule has 1 amide bonds. The predicted molar refractivity (Wildman–Crippen MR) is 151 cm³/mol. The van der Waals surface area contributed by atoms with Gasteiger partial charge in [-0.15, -0.1) is 11.3 Å². The molecule has 1 aromatic heterocycles. The SMILES string of the molecule is COc1ccccc1Oc1ccc(N2CC(C(=O)OCC(=O)c3ccc(OC(=O)c4cccs4)cc3)CC2=O)cc1. The summed E-state index contributed by atoms with van der Waals surface area (Å²) >= 11 is 1.27. The Labute approximate surface area is 239 Å². The van der Waals surface area contributed by atoms with Crippen LogP contribution in [0, 0.1) is 5.92 Å². The normalized spacial score (nSPS) is 14.4. The van der Waals surface area contributed by atoms with Crippen LogP contribution in [0.25, 0.3) is 0 Å². The molecule has 1 unspecified atom stereocenters. The van der Waals surface area contributed by atoms with E-state index in [4.69, 9.17) is 18.9 Å². The molecule has 10 heteroatoms. The topological polar surface area (TPSA) is 108 Å². The first kappa shape index (κ1) is 27.6. The number of rotatable bonds is 10. The van der Waals surface area contributed by atoms with Crippen LogP contribution in [0.5, 0.6) is 23.0 Å². The highest BCUT2D eigenvalue weighted by Crippen LogP contribution is 2.33. The highest BCUT2D eigenvalue weighted by Gasteiger charge is 2.36. The van der Waals surface area contributed by atoms with Crippen molar-refractivity contribution in [3.05, 3.63) is 101 Å². The minimum absolute atomic E-state index is 0.0171. The highest BCUT2D eigenvalue weighted by atomic mass is 32.1. The van der Waals surface area contributed by atoms with Gasteiger partial charge in [0, 0.05) is 24.2 Å². The first-order valence-electron chi connectivity index (χ1n) is 12.7. The zero-order chi connectivity index (χ0) is 28.8. The molecule has 1 aliphatic rings. The summed E-state index contributed by atoms with van der Waals surface area (Å²) in [5, 5.41) is 1.77. The summed E-state index contributed by atoms with van der Waals surface area (Å²) in [6.07, 6.45) is -0.0171. The van der Waals surface area contributed by atoms with Crippen molar-refractivity contribution >= 4 is 40.7 Å². The van der Waals surface area contributed by atoms with Gasteiger partial charge in [0.2, 0.25) is 5.91 Å². The number of hydrogen-bond acceptors (Lipinski definition) is 9. The molecule has 1 fully saturated rings. The zero-order valence-electron chi connectivity index (χ0n) is 22.0. The van der Waals surface area contributed by atoms with E-state index in [0.29, 0.717) is 39.1 Å². The number of anilines is 1. The Morgan fingerprint density at radius 3 is 2.27 bits per heavy atom. The number of hydrogen-bond donors (Lipinski definition) is 0. The summed E-state index contributed by atoms with van der Waals surface area (Å²) in [7, 11) is 1.56. The van der Waals surface area contributed by atoms with Crippen LogP contribution in [-0.2, 0) is 14.3 Å². The third-order valence-electron chi connectivity index (χ3n) is 6.36. The van der Waals surface area contributed by atoms with Crippen molar-refractivity contribution in [3.8, 4) is 23.0 Å². The van der Waals surface area contributed by atoms with E-state index >= 15 is 0 Å². The number of esters is 2. The average Bonchev–Trinajstić information content (AvgIpc) is 3.67. The molecular weight excluding hydrogens is 546 g/mol. The molecule has 5 rings (SSSR count). The molecule has 0 saturated carbocycles. The first-order valence-corrected chi connectivity index (χ1v) is 13.6. The van der Waals surface area contributed by atoms with Crippen LogP contribution < -0.4 is 19.1 Å². The fraction of sp³-hybridized carbons (Fsp3) is 0.161.